The van der Waals surface area contributed by atoms with Gasteiger partial charge >= 0.3 is 0 Å². The van der Waals surface area contributed by atoms with Crippen LogP contribution in [0.25, 0.3) is 10.6 Å². The molecule has 5 rings (SSSR count). The van der Waals surface area contributed by atoms with E-state index in [0.717, 1.165) is 12.0 Å². The van der Waals surface area contributed by atoms with Gasteiger partial charge in [-0.05, 0) is 43.4 Å². The van der Waals surface area contributed by atoms with Crippen LogP contribution in [0.15, 0.2) is 67.1 Å². The number of nitrogens with one attached hydrogen (secondary N) is 1. The smallest absolute Gasteiger partial charge is 0.259 e. The molecule has 3 aromatic heterocycles. The Labute approximate surface area is 195 Å². The van der Waals surface area contributed by atoms with Gasteiger partial charge in [-0.2, -0.15) is 0 Å². The number of carbonyl (C=O) groups is 1. The second kappa shape index (κ2) is 9.05. The summed E-state index contributed by atoms with van der Waals surface area (Å²) < 4.78 is 6.23. The first-order valence-corrected chi connectivity index (χ1v) is 11.3. The molecule has 0 unspecified atom stereocenters. The lowest BCUT2D eigenvalue weighted by molar-refractivity contribution is 0.102. The number of hydrogen-bond acceptors (Lipinski definition) is 8. The maximum atomic E-state index is 12.6. The minimum Gasteiger partial charge on any atom is -0.472 e. The van der Waals surface area contributed by atoms with Gasteiger partial charge in [-0.15, -0.1) is 10.2 Å². The number of fused-ring (bicyclic) bond motifs is 1. The monoisotopic (exact) mass is 458 g/mol. The largest absolute Gasteiger partial charge is 0.472 e. The summed E-state index contributed by atoms with van der Waals surface area (Å²) in [5.74, 6) is 0.193. The number of nitrogens with zero attached hydrogens (tertiary/aromatic N) is 5. The van der Waals surface area contributed by atoms with Crippen LogP contribution in [0.1, 0.15) is 27.5 Å². The Morgan fingerprint density at radius 3 is 2.67 bits per heavy atom. The Kier molecular flexibility index (Phi) is 5.80. The third-order valence-corrected chi connectivity index (χ3v) is 6.43. The van der Waals surface area contributed by atoms with Crippen LogP contribution in [0.3, 0.4) is 0 Å². The van der Waals surface area contributed by atoms with Gasteiger partial charge in [0.05, 0.1) is 11.6 Å². The first-order valence-electron chi connectivity index (χ1n) is 10.5. The minimum atomic E-state index is -0.300. The fraction of sp³-hybridized carbons (Fsp3) is 0.208. The summed E-state index contributed by atoms with van der Waals surface area (Å²) in [6.45, 7) is 0. The lowest BCUT2D eigenvalue weighted by atomic mass is 10.1. The van der Waals surface area contributed by atoms with Crippen molar-refractivity contribution in [3.63, 3.8) is 0 Å². The van der Waals surface area contributed by atoms with E-state index in [9.17, 15) is 4.79 Å². The third-order valence-electron chi connectivity index (χ3n) is 5.55. The molecule has 1 aromatic carbocycles. The average Bonchev–Trinajstić information content (AvgIpc) is 3.44. The zero-order valence-corrected chi connectivity index (χ0v) is 19.0. The van der Waals surface area contributed by atoms with Crippen LogP contribution in [0.2, 0.25) is 0 Å². The summed E-state index contributed by atoms with van der Waals surface area (Å²) >= 11 is 1.30. The number of ether oxygens (including phenoxy) is 1. The molecule has 3 heterocycles. The predicted octanol–water partition coefficient (Wildman–Crippen LogP) is 3.85. The quantitative estimate of drug-likeness (QED) is 0.469. The molecule has 0 aliphatic heterocycles. The van der Waals surface area contributed by atoms with E-state index >= 15 is 0 Å². The zero-order chi connectivity index (χ0) is 22.8. The van der Waals surface area contributed by atoms with Crippen molar-refractivity contribution in [3.05, 3.63) is 83.8 Å². The molecular weight excluding hydrogens is 436 g/mol. The van der Waals surface area contributed by atoms with Crippen molar-refractivity contribution in [3.8, 4) is 16.5 Å². The van der Waals surface area contributed by atoms with Crippen molar-refractivity contribution in [2.45, 2.75) is 18.6 Å². The molecule has 0 saturated carbocycles. The van der Waals surface area contributed by atoms with Crippen LogP contribution in [0.4, 0.5) is 5.13 Å². The van der Waals surface area contributed by atoms with Gasteiger partial charge in [0.1, 0.15) is 11.1 Å². The van der Waals surface area contributed by atoms with Crippen LogP contribution < -0.4 is 10.1 Å². The molecule has 1 aliphatic carbocycles. The van der Waals surface area contributed by atoms with Crippen molar-refractivity contribution in [2.75, 3.05) is 19.4 Å². The van der Waals surface area contributed by atoms with Gasteiger partial charge in [-0.1, -0.05) is 35.6 Å². The molecule has 8 nitrogen and oxygen atoms in total. The number of aromatic nitrogens is 4. The molecule has 0 radical (unpaired) electrons. The van der Waals surface area contributed by atoms with Gasteiger partial charge in [-0.25, -0.2) is 4.98 Å². The van der Waals surface area contributed by atoms with Crippen molar-refractivity contribution in [1.82, 2.24) is 25.1 Å². The van der Waals surface area contributed by atoms with Gasteiger partial charge in [0.2, 0.25) is 11.0 Å². The Hall–Kier alpha value is -3.69. The maximum absolute atomic E-state index is 12.6. The van der Waals surface area contributed by atoms with Gasteiger partial charge in [-0.3, -0.25) is 20.0 Å². The number of likely N-dealkylation sites (N-methyl/N-ethyl adjacent to an activating group) is 1. The number of amides is 1. The summed E-state index contributed by atoms with van der Waals surface area (Å²) in [6.07, 6.45) is 5.67. The second-order valence-electron chi connectivity index (χ2n) is 7.96. The van der Waals surface area contributed by atoms with Crippen LogP contribution in [0, 0.1) is 0 Å². The summed E-state index contributed by atoms with van der Waals surface area (Å²) in [5.41, 5.74) is 3.89. The predicted molar refractivity (Wildman–Crippen MR) is 126 cm³/mol. The Bertz CT molecular complexity index is 1260. The number of carbonyl (C=O) groups excluding carboxylic acids is 1. The third kappa shape index (κ3) is 4.46. The fourth-order valence-electron chi connectivity index (χ4n) is 4.05. The second-order valence-corrected chi connectivity index (χ2v) is 8.93. The van der Waals surface area contributed by atoms with Gasteiger partial charge < -0.3 is 4.74 Å². The van der Waals surface area contributed by atoms with Crippen LogP contribution >= 0.6 is 11.3 Å². The normalized spacial score (nSPS) is 17.1. The first-order chi connectivity index (χ1) is 16.1. The lowest BCUT2D eigenvalue weighted by Crippen LogP contribution is -2.32. The Balaban J connectivity index is 1.25. The summed E-state index contributed by atoms with van der Waals surface area (Å²) in [5, 5.41) is 12.1. The summed E-state index contributed by atoms with van der Waals surface area (Å²) in [7, 11) is 4.11. The lowest BCUT2D eigenvalue weighted by Gasteiger charge is -2.27. The average molecular weight is 459 g/mol. The van der Waals surface area contributed by atoms with Gasteiger partial charge in [0.25, 0.3) is 5.91 Å². The zero-order valence-electron chi connectivity index (χ0n) is 18.2. The number of anilines is 1. The molecule has 9 heteroatoms. The molecular formula is C24H22N6O2S. The van der Waals surface area contributed by atoms with Gasteiger partial charge in [0, 0.05) is 36.6 Å². The van der Waals surface area contributed by atoms with E-state index in [4.69, 9.17) is 4.74 Å². The Morgan fingerprint density at radius 2 is 1.91 bits per heavy atom. The topological polar surface area (TPSA) is 93.1 Å². The van der Waals surface area contributed by atoms with Crippen molar-refractivity contribution in [1.29, 1.82) is 0 Å². The summed E-state index contributed by atoms with van der Waals surface area (Å²) in [4.78, 5) is 23.2. The molecule has 0 saturated heterocycles. The highest BCUT2D eigenvalue weighted by Crippen LogP contribution is 2.36. The van der Waals surface area contributed by atoms with Gasteiger partial charge in [0.15, 0.2) is 0 Å². The minimum absolute atomic E-state index is 0.0439. The first kappa shape index (κ1) is 21.2. The van der Waals surface area contributed by atoms with E-state index in [1.165, 1.54) is 28.7 Å². The molecule has 33 heavy (non-hydrogen) atoms. The standard InChI is InChI=1S/C24H22N6O2S/c1-30(2)21-18-6-4-3-5-16(18)13-19(21)32-20-8-7-17(14-26-20)22(31)27-24-29-28-23(33-24)15-9-11-25-12-10-15/h3-12,14,19,21H,13H2,1-2H3,(H,27,29,31)/t19-,21+/m1/s1. The Morgan fingerprint density at radius 1 is 1.09 bits per heavy atom. The number of rotatable bonds is 6. The van der Waals surface area contributed by atoms with Crippen molar-refractivity contribution in [2.24, 2.45) is 0 Å². The van der Waals surface area contributed by atoms with Crippen LogP contribution in [-0.2, 0) is 6.42 Å². The molecule has 0 fully saturated rings. The molecule has 1 amide bonds. The molecule has 2 atom stereocenters. The molecule has 4 aromatic rings. The number of benzene rings is 1. The molecule has 1 N–H and O–H groups in total. The number of hydrogen-bond donors (Lipinski definition) is 1. The summed E-state index contributed by atoms with van der Waals surface area (Å²) in [6, 6.07) is 15.7. The van der Waals surface area contributed by atoms with E-state index in [1.807, 2.05) is 12.1 Å². The molecule has 1 aliphatic rings. The highest BCUT2D eigenvalue weighted by atomic mass is 32.1. The SMILES string of the molecule is CN(C)[C@H]1c2ccccc2C[C@H]1Oc1ccc(C(=O)Nc2nnc(-c3ccncc3)s2)cn1. The number of pyridine rings is 2. The van der Waals surface area contributed by atoms with Crippen molar-refractivity contribution < 1.29 is 9.53 Å². The van der Waals surface area contributed by atoms with E-state index in [1.54, 1.807) is 24.5 Å². The van der Waals surface area contributed by atoms with E-state index < -0.39 is 0 Å². The molecule has 0 spiro atoms. The maximum Gasteiger partial charge on any atom is 0.259 e. The van der Waals surface area contributed by atoms with Crippen molar-refractivity contribution >= 4 is 22.4 Å². The van der Waals surface area contributed by atoms with E-state index in [-0.39, 0.29) is 18.1 Å². The van der Waals surface area contributed by atoms with Crippen LogP contribution in [0.5, 0.6) is 5.88 Å². The fourth-order valence-corrected chi connectivity index (χ4v) is 4.79. The highest BCUT2D eigenvalue weighted by Gasteiger charge is 2.35. The van der Waals surface area contributed by atoms with E-state index in [0.29, 0.717) is 21.6 Å². The van der Waals surface area contributed by atoms with Crippen LogP contribution in [-0.4, -0.2) is 51.2 Å². The highest BCUT2D eigenvalue weighted by molar-refractivity contribution is 7.18. The van der Waals surface area contributed by atoms with E-state index in [2.05, 4.69) is 68.7 Å². The molecule has 0 bridgehead atoms. The molecule has 166 valence electrons.